The van der Waals surface area contributed by atoms with Crippen molar-refractivity contribution in [3.8, 4) is 5.75 Å². The van der Waals surface area contributed by atoms with Gasteiger partial charge in [-0.3, -0.25) is 0 Å². The molecule has 1 aromatic carbocycles. The summed E-state index contributed by atoms with van der Waals surface area (Å²) in [6.45, 7) is 15.2. The van der Waals surface area contributed by atoms with E-state index in [0.717, 1.165) is 25.7 Å². The molecule has 0 saturated carbocycles. The molecule has 25 heavy (non-hydrogen) atoms. The first kappa shape index (κ1) is 21.5. The van der Waals surface area contributed by atoms with Crippen molar-refractivity contribution in [2.45, 2.75) is 85.7 Å². The molecule has 3 heteroatoms. The molecule has 3 nitrogen and oxygen atoms in total. The summed E-state index contributed by atoms with van der Waals surface area (Å²) in [5, 5.41) is 0. The lowest BCUT2D eigenvalue weighted by atomic mass is 9.78. The zero-order valence-corrected chi connectivity index (χ0v) is 17.1. The molecule has 1 atom stereocenters. The molecule has 1 rings (SSSR count). The lowest BCUT2D eigenvalue weighted by molar-refractivity contribution is -0.164. The first-order chi connectivity index (χ1) is 11.7. The molecule has 0 amide bonds. The normalized spacial score (nSPS) is 13.4. The molecule has 0 heterocycles. The third kappa shape index (κ3) is 6.37. The maximum absolute atomic E-state index is 12.2. The van der Waals surface area contributed by atoms with Crippen LogP contribution in [0.15, 0.2) is 24.3 Å². The highest BCUT2D eigenvalue weighted by Gasteiger charge is 2.29. The second kappa shape index (κ2) is 9.26. The Hall–Kier alpha value is -1.51. The molecule has 0 aromatic heterocycles. The summed E-state index contributed by atoms with van der Waals surface area (Å²) in [5.41, 5.74) is 1.15. The Balaban J connectivity index is 2.62. The van der Waals surface area contributed by atoms with Crippen molar-refractivity contribution in [1.82, 2.24) is 0 Å². The second-order valence-corrected chi connectivity index (χ2v) is 8.06. The second-order valence-electron chi connectivity index (χ2n) is 8.06. The average Bonchev–Trinajstić information content (AvgIpc) is 2.58. The maximum Gasteiger partial charge on any atom is 0.344 e. The molecule has 1 aromatic rings. The van der Waals surface area contributed by atoms with Gasteiger partial charge in [-0.2, -0.15) is 0 Å². The van der Waals surface area contributed by atoms with E-state index < -0.39 is 0 Å². The number of hydrogen-bond donors (Lipinski definition) is 0. The number of carbonyl (C=O) groups excluding carboxylic acids is 1. The van der Waals surface area contributed by atoms with Gasteiger partial charge in [-0.05, 0) is 48.3 Å². The van der Waals surface area contributed by atoms with E-state index in [1.54, 1.807) is 0 Å². The highest BCUT2D eigenvalue weighted by Crippen LogP contribution is 2.35. The fraction of sp³-hybridized carbons (Fsp3) is 0.682. The van der Waals surface area contributed by atoms with E-state index in [1.807, 2.05) is 12.1 Å². The van der Waals surface area contributed by atoms with Gasteiger partial charge in [0, 0.05) is 0 Å². The van der Waals surface area contributed by atoms with Crippen LogP contribution in [0.4, 0.5) is 0 Å². The van der Waals surface area contributed by atoms with Crippen LogP contribution in [-0.4, -0.2) is 18.2 Å². The summed E-state index contributed by atoms with van der Waals surface area (Å²) >= 11 is 0. The predicted octanol–water partition coefficient (Wildman–Crippen LogP) is 6.12. The number of ether oxygens (including phenoxy) is 2. The lowest BCUT2D eigenvalue weighted by Crippen LogP contribution is -2.35. The topological polar surface area (TPSA) is 35.5 Å². The fourth-order valence-electron chi connectivity index (χ4n) is 3.02. The van der Waals surface area contributed by atoms with E-state index in [2.05, 4.69) is 60.6 Å². The zero-order valence-electron chi connectivity index (χ0n) is 17.1. The number of carbonyl (C=O) groups is 1. The Bertz CT molecular complexity index is 521. The number of rotatable bonds is 9. The van der Waals surface area contributed by atoms with Crippen molar-refractivity contribution in [1.29, 1.82) is 0 Å². The third-order valence-corrected chi connectivity index (χ3v) is 5.36. The molecule has 142 valence electrons. The predicted molar refractivity (Wildman–Crippen MR) is 104 cm³/mol. The van der Waals surface area contributed by atoms with Gasteiger partial charge in [-0.25, -0.2) is 4.79 Å². The number of hydrogen-bond acceptors (Lipinski definition) is 3. The standard InChI is InChI=1S/C22H36O3/c1-8-15-22(9-2,10-3)25-20(23)16-24-19-13-11-18(12-14-19)17(4)21(5,6)7/h11-14,17H,8-10,15-16H2,1-7H3. The Morgan fingerprint density at radius 2 is 1.60 bits per heavy atom. The molecule has 0 N–H and O–H groups in total. The van der Waals surface area contributed by atoms with Gasteiger partial charge >= 0.3 is 5.97 Å². The summed E-state index contributed by atoms with van der Waals surface area (Å²) in [4.78, 5) is 12.2. The summed E-state index contributed by atoms with van der Waals surface area (Å²) in [6.07, 6.45) is 3.57. The van der Waals surface area contributed by atoms with Gasteiger partial charge in [-0.15, -0.1) is 0 Å². The van der Waals surface area contributed by atoms with Crippen LogP contribution in [0.1, 0.15) is 85.6 Å². The molecular weight excluding hydrogens is 312 g/mol. The van der Waals surface area contributed by atoms with Crippen LogP contribution in [0.25, 0.3) is 0 Å². The highest BCUT2D eigenvalue weighted by atomic mass is 16.6. The molecule has 0 bridgehead atoms. The first-order valence-electron chi connectivity index (χ1n) is 9.62. The van der Waals surface area contributed by atoms with Crippen molar-refractivity contribution in [3.05, 3.63) is 29.8 Å². The van der Waals surface area contributed by atoms with E-state index in [4.69, 9.17) is 9.47 Å². The van der Waals surface area contributed by atoms with E-state index in [1.165, 1.54) is 5.56 Å². The fourth-order valence-corrected chi connectivity index (χ4v) is 3.02. The van der Waals surface area contributed by atoms with Crippen LogP contribution in [-0.2, 0) is 9.53 Å². The van der Waals surface area contributed by atoms with E-state index >= 15 is 0 Å². The van der Waals surface area contributed by atoms with Crippen molar-refractivity contribution < 1.29 is 14.3 Å². The number of benzene rings is 1. The van der Waals surface area contributed by atoms with Gasteiger partial charge in [0.25, 0.3) is 0 Å². The zero-order chi connectivity index (χ0) is 19.1. The smallest absolute Gasteiger partial charge is 0.344 e. The van der Waals surface area contributed by atoms with Gasteiger partial charge < -0.3 is 9.47 Å². The minimum absolute atomic E-state index is 0.0420. The third-order valence-electron chi connectivity index (χ3n) is 5.36. The molecule has 0 aliphatic rings. The molecule has 0 spiro atoms. The average molecular weight is 349 g/mol. The van der Waals surface area contributed by atoms with Gasteiger partial charge in [0.2, 0.25) is 0 Å². The summed E-state index contributed by atoms with van der Waals surface area (Å²) < 4.78 is 11.4. The number of esters is 1. The van der Waals surface area contributed by atoms with Gasteiger partial charge in [0.15, 0.2) is 6.61 Å². The molecule has 0 saturated heterocycles. The van der Waals surface area contributed by atoms with E-state index in [9.17, 15) is 4.79 Å². The quantitative estimate of drug-likeness (QED) is 0.504. The summed E-state index contributed by atoms with van der Waals surface area (Å²) in [7, 11) is 0. The maximum atomic E-state index is 12.2. The Morgan fingerprint density at radius 3 is 2.04 bits per heavy atom. The minimum Gasteiger partial charge on any atom is -0.482 e. The van der Waals surface area contributed by atoms with Gasteiger partial charge in [0.1, 0.15) is 11.4 Å². The molecule has 0 radical (unpaired) electrons. The first-order valence-corrected chi connectivity index (χ1v) is 9.62. The van der Waals surface area contributed by atoms with Crippen molar-refractivity contribution >= 4 is 5.97 Å². The largest absolute Gasteiger partial charge is 0.482 e. The Labute approximate surface area is 154 Å². The molecule has 0 aliphatic heterocycles. The van der Waals surface area contributed by atoms with Crippen LogP contribution in [0.2, 0.25) is 0 Å². The van der Waals surface area contributed by atoms with Crippen molar-refractivity contribution in [2.24, 2.45) is 5.41 Å². The molecule has 0 fully saturated rings. The lowest BCUT2D eigenvalue weighted by Gasteiger charge is -2.31. The Kier molecular flexibility index (Phi) is 7.98. The van der Waals surface area contributed by atoms with Crippen LogP contribution in [0.5, 0.6) is 5.75 Å². The molecule has 1 unspecified atom stereocenters. The van der Waals surface area contributed by atoms with Crippen molar-refractivity contribution in [3.63, 3.8) is 0 Å². The van der Waals surface area contributed by atoms with E-state index in [0.29, 0.717) is 11.7 Å². The minimum atomic E-state index is -0.346. The van der Waals surface area contributed by atoms with Gasteiger partial charge in [0.05, 0.1) is 0 Å². The molecular formula is C22H36O3. The van der Waals surface area contributed by atoms with Crippen LogP contribution < -0.4 is 4.74 Å². The van der Waals surface area contributed by atoms with Crippen molar-refractivity contribution in [2.75, 3.05) is 6.61 Å². The van der Waals surface area contributed by atoms with Crippen LogP contribution in [0.3, 0.4) is 0 Å². The highest BCUT2D eigenvalue weighted by molar-refractivity contribution is 5.71. The molecule has 0 aliphatic carbocycles. The van der Waals surface area contributed by atoms with Crippen LogP contribution >= 0.6 is 0 Å². The Morgan fingerprint density at radius 1 is 1.04 bits per heavy atom. The van der Waals surface area contributed by atoms with Crippen LogP contribution in [0, 0.1) is 5.41 Å². The SMILES string of the molecule is CCCC(CC)(CC)OC(=O)COc1ccc(C(C)C(C)(C)C)cc1. The monoisotopic (exact) mass is 348 g/mol. The van der Waals surface area contributed by atoms with E-state index in [-0.39, 0.29) is 23.6 Å². The van der Waals surface area contributed by atoms with Gasteiger partial charge in [-0.1, -0.05) is 67.0 Å². The summed E-state index contributed by atoms with van der Waals surface area (Å²) in [6, 6.07) is 8.03. The summed E-state index contributed by atoms with van der Waals surface area (Å²) in [5.74, 6) is 0.871.